The van der Waals surface area contributed by atoms with Crippen molar-refractivity contribution in [2.24, 2.45) is 9.98 Å². The summed E-state index contributed by atoms with van der Waals surface area (Å²) in [4.78, 5) is 11.7. The van der Waals surface area contributed by atoms with E-state index in [4.69, 9.17) is 4.99 Å². The van der Waals surface area contributed by atoms with Gasteiger partial charge in [0.2, 0.25) is 0 Å². The van der Waals surface area contributed by atoms with Crippen molar-refractivity contribution in [2.45, 2.75) is 37.8 Å². The van der Waals surface area contributed by atoms with E-state index in [1.165, 1.54) is 36.5 Å². The lowest BCUT2D eigenvalue weighted by molar-refractivity contribution is 0.385. The highest BCUT2D eigenvalue weighted by Gasteiger charge is 2.32. The summed E-state index contributed by atoms with van der Waals surface area (Å²) in [7, 11) is 0. The lowest BCUT2D eigenvalue weighted by Crippen LogP contribution is -2.36. The molecule has 3 heterocycles. The molecule has 0 saturated heterocycles. The molecule has 1 aliphatic carbocycles. The summed E-state index contributed by atoms with van der Waals surface area (Å²) >= 11 is 3.62. The van der Waals surface area contributed by atoms with Gasteiger partial charge in [-0.05, 0) is 18.2 Å². The number of nitrogens with zero attached hydrogens (tertiary/aromatic N) is 3. The molecular formula is C13H18N4S2. The number of hydrogen-bond donors (Lipinski definition) is 1. The minimum absolute atomic E-state index is 0.548. The maximum Gasteiger partial charge on any atom is 0.167 e. The van der Waals surface area contributed by atoms with E-state index in [0.29, 0.717) is 12.1 Å². The van der Waals surface area contributed by atoms with Crippen molar-refractivity contribution in [3.8, 4) is 0 Å². The van der Waals surface area contributed by atoms with Crippen LogP contribution in [0.4, 0.5) is 0 Å². The Hall–Kier alpha value is -0.620. The Morgan fingerprint density at radius 2 is 2.37 bits per heavy atom. The van der Waals surface area contributed by atoms with E-state index in [1.807, 2.05) is 11.8 Å². The zero-order valence-corrected chi connectivity index (χ0v) is 12.5. The molecule has 4 aliphatic rings. The molecule has 0 aromatic rings. The van der Waals surface area contributed by atoms with Gasteiger partial charge >= 0.3 is 0 Å². The van der Waals surface area contributed by atoms with E-state index >= 15 is 0 Å². The maximum atomic E-state index is 4.84. The first-order valence-electron chi connectivity index (χ1n) is 7.05. The molecule has 4 rings (SSSR count). The lowest BCUT2D eigenvalue weighted by Gasteiger charge is -2.23. The van der Waals surface area contributed by atoms with Gasteiger partial charge in [0.05, 0.1) is 18.6 Å². The Kier molecular flexibility index (Phi) is 3.23. The quantitative estimate of drug-likeness (QED) is 0.848. The van der Waals surface area contributed by atoms with E-state index in [1.54, 1.807) is 11.8 Å². The fourth-order valence-electron chi connectivity index (χ4n) is 3.09. The Morgan fingerprint density at radius 3 is 3.32 bits per heavy atom. The highest BCUT2D eigenvalue weighted by Crippen LogP contribution is 2.32. The normalized spacial score (nSPS) is 32.4. The molecule has 2 atom stereocenters. The van der Waals surface area contributed by atoms with Gasteiger partial charge in [0.15, 0.2) is 10.3 Å². The van der Waals surface area contributed by atoms with Gasteiger partial charge in [0.25, 0.3) is 0 Å². The third-order valence-corrected chi connectivity index (χ3v) is 6.01. The molecule has 4 nitrogen and oxygen atoms in total. The minimum Gasteiger partial charge on any atom is -0.360 e. The van der Waals surface area contributed by atoms with Crippen LogP contribution in [0.2, 0.25) is 0 Å². The molecule has 0 spiro atoms. The average molecular weight is 294 g/mol. The summed E-state index contributed by atoms with van der Waals surface area (Å²) in [6, 6.07) is 1.17. The molecule has 0 amide bonds. The fraction of sp³-hybridized carbons (Fsp3) is 0.692. The van der Waals surface area contributed by atoms with Crippen LogP contribution in [0.15, 0.2) is 21.1 Å². The van der Waals surface area contributed by atoms with E-state index in [0.717, 1.165) is 24.0 Å². The SMILES string of the molecule is C1=C(CSC2=N[C@H]3CCCC[C@H]3N2)N2CCN=C2S1. The van der Waals surface area contributed by atoms with Crippen LogP contribution in [0.3, 0.4) is 0 Å². The monoisotopic (exact) mass is 294 g/mol. The number of hydrogen-bond acceptors (Lipinski definition) is 6. The van der Waals surface area contributed by atoms with Crippen LogP contribution in [0.5, 0.6) is 0 Å². The summed E-state index contributed by atoms with van der Waals surface area (Å²) in [6.45, 7) is 2.01. The second-order valence-corrected chi connectivity index (χ2v) is 7.17. The first-order chi connectivity index (χ1) is 9.40. The van der Waals surface area contributed by atoms with Gasteiger partial charge < -0.3 is 10.2 Å². The second-order valence-electron chi connectivity index (χ2n) is 5.37. The van der Waals surface area contributed by atoms with E-state index in [9.17, 15) is 0 Å². The van der Waals surface area contributed by atoms with Gasteiger partial charge in [-0.1, -0.05) is 36.4 Å². The number of amidine groups is 2. The first-order valence-corrected chi connectivity index (χ1v) is 8.91. The number of fused-ring (bicyclic) bond motifs is 2. The second kappa shape index (κ2) is 5.05. The van der Waals surface area contributed by atoms with Crippen molar-refractivity contribution >= 4 is 33.9 Å². The van der Waals surface area contributed by atoms with E-state index < -0.39 is 0 Å². The van der Waals surface area contributed by atoms with Crippen molar-refractivity contribution in [2.75, 3.05) is 18.8 Å². The van der Waals surface area contributed by atoms with Crippen LogP contribution in [-0.4, -0.2) is 46.2 Å². The fourth-order valence-corrected chi connectivity index (χ4v) is 5.12. The molecular weight excluding hydrogens is 276 g/mol. The Labute approximate surface area is 122 Å². The van der Waals surface area contributed by atoms with Gasteiger partial charge in [-0.3, -0.25) is 9.98 Å². The highest BCUT2D eigenvalue weighted by molar-refractivity contribution is 8.17. The van der Waals surface area contributed by atoms with E-state index in [2.05, 4.69) is 20.6 Å². The Bertz CT molecular complexity index is 471. The molecule has 0 aromatic carbocycles. The molecule has 1 N–H and O–H groups in total. The van der Waals surface area contributed by atoms with Crippen molar-refractivity contribution in [3.63, 3.8) is 0 Å². The third kappa shape index (κ3) is 2.29. The minimum atomic E-state index is 0.548. The van der Waals surface area contributed by atoms with Crippen LogP contribution in [-0.2, 0) is 0 Å². The lowest BCUT2D eigenvalue weighted by atomic mass is 9.92. The predicted octanol–water partition coefficient (Wildman–Crippen LogP) is 2.25. The summed E-state index contributed by atoms with van der Waals surface area (Å²) < 4.78 is 0. The molecule has 0 radical (unpaired) electrons. The summed E-state index contributed by atoms with van der Waals surface area (Å²) in [6.07, 6.45) is 5.26. The molecule has 0 unspecified atom stereocenters. The number of rotatable bonds is 2. The summed E-state index contributed by atoms with van der Waals surface area (Å²) in [5.74, 6) is 1.01. The van der Waals surface area contributed by atoms with Crippen LogP contribution in [0, 0.1) is 0 Å². The van der Waals surface area contributed by atoms with Crippen molar-refractivity contribution in [1.82, 2.24) is 10.2 Å². The topological polar surface area (TPSA) is 40.0 Å². The number of thioether (sulfide) groups is 2. The molecule has 1 saturated carbocycles. The van der Waals surface area contributed by atoms with Crippen LogP contribution in [0.25, 0.3) is 0 Å². The van der Waals surface area contributed by atoms with Gasteiger partial charge in [0.1, 0.15) is 0 Å². The van der Waals surface area contributed by atoms with Crippen LogP contribution < -0.4 is 5.32 Å². The molecule has 6 heteroatoms. The highest BCUT2D eigenvalue weighted by atomic mass is 32.2. The predicted molar refractivity (Wildman–Crippen MR) is 83.8 cm³/mol. The Morgan fingerprint density at radius 1 is 1.42 bits per heavy atom. The maximum absolute atomic E-state index is 4.84. The zero-order chi connectivity index (χ0) is 12.7. The number of nitrogens with one attached hydrogen (secondary N) is 1. The van der Waals surface area contributed by atoms with Gasteiger partial charge in [-0.25, -0.2) is 0 Å². The summed E-state index contributed by atoms with van der Waals surface area (Å²) in [5.41, 5.74) is 1.39. The van der Waals surface area contributed by atoms with Crippen molar-refractivity contribution in [1.29, 1.82) is 0 Å². The molecule has 0 bridgehead atoms. The molecule has 3 aliphatic heterocycles. The van der Waals surface area contributed by atoms with Crippen molar-refractivity contribution < 1.29 is 0 Å². The van der Waals surface area contributed by atoms with Gasteiger partial charge in [0, 0.05) is 18.0 Å². The molecule has 102 valence electrons. The Balaban J connectivity index is 1.35. The van der Waals surface area contributed by atoms with Crippen LogP contribution >= 0.6 is 23.5 Å². The first kappa shape index (κ1) is 12.1. The third-order valence-electron chi connectivity index (χ3n) is 4.13. The smallest absolute Gasteiger partial charge is 0.167 e. The number of aliphatic imine (C=N–C) groups is 2. The molecule has 0 aromatic heterocycles. The zero-order valence-electron chi connectivity index (χ0n) is 10.8. The average Bonchev–Trinajstić information content (AvgIpc) is 3.11. The van der Waals surface area contributed by atoms with Crippen molar-refractivity contribution in [3.05, 3.63) is 11.1 Å². The van der Waals surface area contributed by atoms with Crippen LogP contribution in [0.1, 0.15) is 25.7 Å². The standard InChI is InChI=1S/C13H18N4S2/c1-2-4-11-10(3-1)15-12(16-11)18-7-9-8-19-13-14-5-6-17(9)13/h8,10-11H,1-7H2,(H,15,16)/t10-,11+. The molecule has 1 fully saturated rings. The van der Waals surface area contributed by atoms with Gasteiger partial charge in [-0.15, -0.1) is 0 Å². The van der Waals surface area contributed by atoms with Gasteiger partial charge in [-0.2, -0.15) is 0 Å². The summed E-state index contributed by atoms with van der Waals surface area (Å²) in [5, 5.41) is 8.20. The largest absolute Gasteiger partial charge is 0.360 e. The van der Waals surface area contributed by atoms with E-state index in [-0.39, 0.29) is 0 Å². The molecule has 19 heavy (non-hydrogen) atoms.